The molecule has 0 radical (unpaired) electrons. The Hall–Kier alpha value is -3.20. The highest BCUT2D eigenvalue weighted by molar-refractivity contribution is 8.15. The van der Waals surface area contributed by atoms with E-state index in [1.165, 1.54) is 12.1 Å². The highest BCUT2D eigenvalue weighted by Gasteiger charge is 2.32. The van der Waals surface area contributed by atoms with Crippen molar-refractivity contribution in [2.24, 2.45) is 10.2 Å². The number of nitrogens with one attached hydrogen (secondary N) is 2. The number of amides is 2. The van der Waals surface area contributed by atoms with Gasteiger partial charge in [-0.2, -0.15) is 5.10 Å². The summed E-state index contributed by atoms with van der Waals surface area (Å²) in [4.78, 5) is 24.4. The third-order valence-corrected chi connectivity index (χ3v) is 5.13. The molecule has 9 heteroatoms. The summed E-state index contributed by atoms with van der Waals surface area (Å²) in [6.07, 6.45) is -0.00656. The van der Waals surface area contributed by atoms with E-state index in [1.54, 1.807) is 50.4 Å². The van der Waals surface area contributed by atoms with E-state index in [4.69, 9.17) is 4.74 Å². The van der Waals surface area contributed by atoms with Gasteiger partial charge in [0.05, 0.1) is 12.8 Å². The lowest BCUT2D eigenvalue weighted by molar-refractivity contribution is -0.122. The van der Waals surface area contributed by atoms with Crippen molar-refractivity contribution in [3.63, 3.8) is 0 Å². The number of ether oxygens (including phenoxy) is 1. The summed E-state index contributed by atoms with van der Waals surface area (Å²) in [7, 11) is 1.54. The minimum atomic E-state index is -0.597. The maximum Gasteiger partial charge on any atom is 0.240 e. The molecule has 2 aromatic carbocycles. The number of amidine groups is 1. The Morgan fingerprint density at radius 1 is 1.28 bits per heavy atom. The first-order valence-corrected chi connectivity index (χ1v) is 9.62. The smallest absolute Gasteiger partial charge is 0.240 e. The molecule has 0 aromatic heterocycles. The molecule has 1 fully saturated rings. The molecule has 1 saturated heterocycles. The molecular weight excluding hydrogens is 395 g/mol. The molecule has 2 N–H and O–H groups in total. The molecule has 1 aliphatic heterocycles. The van der Waals surface area contributed by atoms with Crippen LogP contribution in [0.4, 0.5) is 10.1 Å². The van der Waals surface area contributed by atoms with Crippen LogP contribution in [0.1, 0.15) is 18.9 Å². The normalized spacial score (nSPS) is 17.9. The number of nitrogens with zero attached hydrogens (tertiary/aromatic N) is 2. The average molecular weight is 414 g/mol. The summed E-state index contributed by atoms with van der Waals surface area (Å²) >= 11 is 1.14. The first-order chi connectivity index (χ1) is 13.9. The Kier molecular flexibility index (Phi) is 6.61. The number of carbonyl (C=O) groups excluding carboxylic acids is 2. The summed E-state index contributed by atoms with van der Waals surface area (Å²) in [5.41, 5.74) is 1.89. The van der Waals surface area contributed by atoms with E-state index >= 15 is 0 Å². The van der Waals surface area contributed by atoms with E-state index in [0.717, 1.165) is 17.3 Å². The van der Waals surface area contributed by atoms with Gasteiger partial charge in [0.2, 0.25) is 11.8 Å². The van der Waals surface area contributed by atoms with Gasteiger partial charge in [0.1, 0.15) is 16.8 Å². The molecule has 7 nitrogen and oxygen atoms in total. The molecule has 0 spiro atoms. The zero-order valence-corrected chi connectivity index (χ0v) is 16.6. The van der Waals surface area contributed by atoms with Gasteiger partial charge in [0, 0.05) is 18.2 Å². The second-order valence-electron chi connectivity index (χ2n) is 6.18. The number of benzene rings is 2. The predicted molar refractivity (Wildman–Crippen MR) is 112 cm³/mol. The second-order valence-corrected chi connectivity index (χ2v) is 7.37. The SMILES string of the molecule is COc1cccc(NC(=O)C[C@H]2S/C(=N\N=C(\C)c3ccc(F)cc3)NC2=O)c1. The maximum absolute atomic E-state index is 13.0. The van der Waals surface area contributed by atoms with Gasteiger partial charge in [0.15, 0.2) is 5.17 Å². The van der Waals surface area contributed by atoms with Crippen molar-refractivity contribution in [1.29, 1.82) is 0 Å². The van der Waals surface area contributed by atoms with Crippen molar-refractivity contribution in [3.05, 3.63) is 59.9 Å². The summed E-state index contributed by atoms with van der Waals surface area (Å²) < 4.78 is 18.1. The molecule has 0 saturated carbocycles. The van der Waals surface area contributed by atoms with Crippen molar-refractivity contribution >= 4 is 40.1 Å². The molecule has 150 valence electrons. The minimum Gasteiger partial charge on any atom is -0.497 e. The largest absolute Gasteiger partial charge is 0.497 e. The fourth-order valence-corrected chi connectivity index (χ4v) is 3.45. The van der Waals surface area contributed by atoms with Gasteiger partial charge in [-0.15, -0.1) is 5.10 Å². The number of halogens is 1. The van der Waals surface area contributed by atoms with Gasteiger partial charge < -0.3 is 15.4 Å². The van der Waals surface area contributed by atoms with E-state index in [0.29, 0.717) is 22.3 Å². The monoisotopic (exact) mass is 414 g/mol. The van der Waals surface area contributed by atoms with Crippen LogP contribution in [0.2, 0.25) is 0 Å². The van der Waals surface area contributed by atoms with Crippen molar-refractivity contribution in [3.8, 4) is 5.75 Å². The number of rotatable bonds is 6. The molecule has 1 heterocycles. The number of hydrogen-bond donors (Lipinski definition) is 2. The Morgan fingerprint density at radius 2 is 2.03 bits per heavy atom. The third-order valence-electron chi connectivity index (χ3n) is 4.05. The molecular formula is C20H19FN4O3S. The van der Waals surface area contributed by atoms with Gasteiger partial charge in [-0.05, 0) is 36.8 Å². The second kappa shape index (κ2) is 9.33. The van der Waals surface area contributed by atoms with Crippen molar-refractivity contribution < 1.29 is 18.7 Å². The van der Waals surface area contributed by atoms with Gasteiger partial charge in [-0.25, -0.2) is 4.39 Å². The fourth-order valence-electron chi connectivity index (χ4n) is 2.54. The molecule has 2 aromatic rings. The van der Waals surface area contributed by atoms with Crippen LogP contribution in [0.5, 0.6) is 5.75 Å². The van der Waals surface area contributed by atoms with Gasteiger partial charge in [-0.3, -0.25) is 9.59 Å². The van der Waals surface area contributed by atoms with E-state index in [9.17, 15) is 14.0 Å². The quantitative estimate of drug-likeness (QED) is 0.561. The minimum absolute atomic E-state index is 0.00656. The highest BCUT2D eigenvalue weighted by atomic mass is 32.2. The summed E-state index contributed by atoms with van der Waals surface area (Å²) in [5.74, 6) is -0.302. The molecule has 1 atom stereocenters. The molecule has 0 unspecified atom stereocenters. The Balaban J connectivity index is 1.59. The van der Waals surface area contributed by atoms with Crippen LogP contribution in [0.3, 0.4) is 0 Å². The molecule has 2 amide bonds. The lowest BCUT2D eigenvalue weighted by Crippen LogP contribution is -2.28. The van der Waals surface area contributed by atoms with Crippen LogP contribution in [0.25, 0.3) is 0 Å². The molecule has 0 bridgehead atoms. The average Bonchev–Trinajstić information content (AvgIpc) is 3.06. The molecule has 29 heavy (non-hydrogen) atoms. The summed E-state index contributed by atoms with van der Waals surface area (Å²) in [5, 5.41) is 13.2. The van der Waals surface area contributed by atoms with Crippen LogP contribution in [0, 0.1) is 5.82 Å². The Morgan fingerprint density at radius 3 is 2.76 bits per heavy atom. The van der Waals surface area contributed by atoms with Gasteiger partial charge in [-0.1, -0.05) is 30.0 Å². The van der Waals surface area contributed by atoms with Gasteiger partial charge >= 0.3 is 0 Å². The zero-order chi connectivity index (χ0) is 20.8. The summed E-state index contributed by atoms with van der Waals surface area (Å²) in [6.45, 7) is 1.73. The van der Waals surface area contributed by atoms with E-state index in [-0.39, 0.29) is 24.1 Å². The number of thioether (sulfide) groups is 1. The number of anilines is 1. The topological polar surface area (TPSA) is 92.2 Å². The van der Waals surface area contributed by atoms with Crippen LogP contribution < -0.4 is 15.4 Å². The zero-order valence-electron chi connectivity index (χ0n) is 15.8. The van der Waals surface area contributed by atoms with E-state index in [1.807, 2.05) is 0 Å². The maximum atomic E-state index is 13.0. The standard InChI is InChI=1S/C20H19FN4O3S/c1-12(13-6-8-14(21)9-7-13)24-25-20-23-19(27)17(29-20)11-18(26)22-15-4-3-5-16(10-15)28-2/h3-10,17H,11H2,1-2H3,(H,22,26)(H,23,25,27)/b24-12-/t17-/m1/s1. The number of methoxy groups -OCH3 is 1. The van der Waals surface area contributed by atoms with Crippen LogP contribution >= 0.6 is 11.8 Å². The van der Waals surface area contributed by atoms with Crippen molar-refractivity contribution in [2.75, 3.05) is 12.4 Å². The van der Waals surface area contributed by atoms with Crippen LogP contribution in [0.15, 0.2) is 58.7 Å². The Labute approximate surface area is 171 Å². The highest BCUT2D eigenvalue weighted by Crippen LogP contribution is 2.24. The lowest BCUT2D eigenvalue weighted by atomic mass is 10.1. The molecule has 0 aliphatic carbocycles. The lowest BCUT2D eigenvalue weighted by Gasteiger charge is -2.08. The summed E-state index contributed by atoms with van der Waals surface area (Å²) in [6, 6.07) is 12.8. The van der Waals surface area contributed by atoms with Crippen LogP contribution in [-0.2, 0) is 9.59 Å². The number of hydrogen-bond acceptors (Lipinski definition) is 6. The number of carbonyl (C=O) groups is 2. The molecule has 1 aliphatic rings. The molecule has 3 rings (SSSR count). The first-order valence-electron chi connectivity index (χ1n) is 8.74. The van der Waals surface area contributed by atoms with Crippen molar-refractivity contribution in [2.45, 2.75) is 18.6 Å². The third kappa shape index (κ3) is 5.64. The fraction of sp³-hybridized carbons (Fsp3) is 0.200. The van der Waals surface area contributed by atoms with Gasteiger partial charge in [0.25, 0.3) is 0 Å². The predicted octanol–water partition coefficient (Wildman–Crippen LogP) is 3.17. The van der Waals surface area contributed by atoms with E-state index in [2.05, 4.69) is 20.8 Å². The van der Waals surface area contributed by atoms with E-state index < -0.39 is 5.25 Å². The first kappa shape index (κ1) is 20.5. The van der Waals surface area contributed by atoms with Crippen LogP contribution in [-0.4, -0.2) is 35.1 Å². The van der Waals surface area contributed by atoms with Crippen molar-refractivity contribution in [1.82, 2.24) is 5.32 Å². The Bertz CT molecular complexity index is 976.